The molecule has 0 aromatic carbocycles. The zero-order valence-electron chi connectivity index (χ0n) is 6.05. The Labute approximate surface area is 80.0 Å². The third kappa shape index (κ3) is 2.43. The number of nitrogens with zero attached hydrogens (tertiary/aromatic N) is 1. The summed E-state index contributed by atoms with van der Waals surface area (Å²) in [7, 11) is 0. The quantitative estimate of drug-likeness (QED) is 0.669. The first-order chi connectivity index (χ1) is 4.61. The molecule has 11 heavy (non-hydrogen) atoms. The van der Waals surface area contributed by atoms with Crippen molar-refractivity contribution in [2.24, 2.45) is 0 Å². The van der Waals surface area contributed by atoms with Crippen molar-refractivity contribution >= 4 is 40.6 Å². The third-order valence-electron chi connectivity index (χ3n) is 1.08. The molecule has 0 aliphatic carbocycles. The minimum absolute atomic E-state index is 0. The molecule has 1 aromatic rings. The Morgan fingerprint density at radius 2 is 2.09 bits per heavy atom. The van der Waals surface area contributed by atoms with Gasteiger partial charge >= 0.3 is 0 Å². The molecule has 0 aliphatic heterocycles. The fourth-order valence-corrected chi connectivity index (χ4v) is 1.72. The number of aromatic nitrogens is 1. The molecule has 0 amide bonds. The SMILES string of the molecule is Cc1nc(C)c(C(=O)Cl)s1.Cl. The molecule has 2 nitrogen and oxygen atoms in total. The first-order valence-electron chi connectivity index (χ1n) is 2.75. The largest absolute Gasteiger partial charge is 0.275 e. The third-order valence-corrected chi connectivity index (χ3v) is 2.45. The van der Waals surface area contributed by atoms with Gasteiger partial charge in [0.15, 0.2) is 0 Å². The number of carbonyl (C=O) groups excluding carboxylic acids is 1. The highest BCUT2D eigenvalue weighted by atomic mass is 35.5. The Balaban J connectivity index is 0.000001000. The molecule has 0 fully saturated rings. The van der Waals surface area contributed by atoms with E-state index in [2.05, 4.69) is 4.98 Å². The van der Waals surface area contributed by atoms with Crippen molar-refractivity contribution in [2.45, 2.75) is 13.8 Å². The summed E-state index contributed by atoms with van der Waals surface area (Å²) < 4.78 is 0. The molecule has 0 saturated heterocycles. The maximum absolute atomic E-state index is 10.6. The number of thiazole rings is 1. The van der Waals surface area contributed by atoms with Crippen molar-refractivity contribution in [1.29, 1.82) is 0 Å². The van der Waals surface area contributed by atoms with E-state index in [1.165, 1.54) is 11.3 Å². The molecule has 62 valence electrons. The molecule has 1 heterocycles. The molecular formula is C6H7Cl2NOS. The van der Waals surface area contributed by atoms with E-state index in [0.29, 0.717) is 4.88 Å². The van der Waals surface area contributed by atoms with E-state index in [0.717, 1.165) is 10.7 Å². The molecule has 0 bridgehead atoms. The zero-order valence-corrected chi connectivity index (χ0v) is 8.44. The van der Waals surface area contributed by atoms with E-state index in [-0.39, 0.29) is 12.4 Å². The average Bonchev–Trinajstić information content (AvgIpc) is 2.10. The van der Waals surface area contributed by atoms with E-state index in [1.807, 2.05) is 6.92 Å². The summed E-state index contributed by atoms with van der Waals surface area (Å²) in [6, 6.07) is 0. The van der Waals surface area contributed by atoms with Crippen LogP contribution in [0.15, 0.2) is 0 Å². The number of carbonyl (C=O) groups is 1. The van der Waals surface area contributed by atoms with Gasteiger partial charge in [0.2, 0.25) is 0 Å². The van der Waals surface area contributed by atoms with Gasteiger partial charge in [-0.15, -0.1) is 23.7 Å². The van der Waals surface area contributed by atoms with E-state index in [9.17, 15) is 4.79 Å². The molecular weight excluding hydrogens is 205 g/mol. The molecule has 0 unspecified atom stereocenters. The maximum Gasteiger partial charge on any atom is 0.264 e. The van der Waals surface area contributed by atoms with Gasteiger partial charge in [0, 0.05) is 0 Å². The van der Waals surface area contributed by atoms with Crippen LogP contribution in [0.4, 0.5) is 0 Å². The Bertz CT molecular complexity index is 272. The highest BCUT2D eigenvalue weighted by Gasteiger charge is 2.09. The number of halogens is 2. The minimum atomic E-state index is -0.414. The van der Waals surface area contributed by atoms with Crippen LogP contribution in [0.5, 0.6) is 0 Å². The number of hydrogen-bond acceptors (Lipinski definition) is 3. The van der Waals surface area contributed by atoms with E-state index >= 15 is 0 Å². The predicted octanol–water partition coefficient (Wildman–Crippen LogP) is 2.56. The maximum atomic E-state index is 10.6. The van der Waals surface area contributed by atoms with Crippen LogP contribution in [0, 0.1) is 13.8 Å². The summed E-state index contributed by atoms with van der Waals surface area (Å²) in [6.45, 7) is 3.63. The van der Waals surface area contributed by atoms with Crippen LogP contribution in [0.1, 0.15) is 20.4 Å². The summed E-state index contributed by atoms with van der Waals surface area (Å²) in [5, 5.41) is 0.463. The highest BCUT2D eigenvalue weighted by molar-refractivity contribution is 7.15. The van der Waals surface area contributed by atoms with Crippen LogP contribution in [0.25, 0.3) is 0 Å². The summed E-state index contributed by atoms with van der Waals surface area (Å²) >= 11 is 6.58. The van der Waals surface area contributed by atoms with Crippen LogP contribution in [0.2, 0.25) is 0 Å². The molecule has 1 aromatic heterocycles. The second-order valence-corrected chi connectivity index (χ2v) is 3.47. The van der Waals surface area contributed by atoms with Crippen molar-refractivity contribution < 1.29 is 4.79 Å². The fourth-order valence-electron chi connectivity index (χ4n) is 0.714. The summed E-state index contributed by atoms with van der Waals surface area (Å²) in [6.07, 6.45) is 0. The lowest BCUT2D eigenvalue weighted by molar-refractivity contribution is 0.108. The predicted molar refractivity (Wildman–Crippen MR) is 49.0 cm³/mol. The molecule has 1 rings (SSSR count). The van der Waals surface area contributed by atoms with Gasteiger partial charge in [-0.2, -0.15) is 0 Å². The lowest BCUT2D eigenvalue weighted by atomic mass is 10.4. The summed E-state index contributed by atoms with van der Waals surface area (Å²) in [5.41, 5.74) is 0.725. The van der Waals surface area contributed by atoms with Gasteiger partial charge in [0.25, 0.3) is 5.24 Å². The smallest absolute Gasteiger partial charge is 0.264 e. The van der Waals surface area contributed by atoms with Crippen molar-refractivity contribution in [3.8, 4) is 0 Å². The number of hydrogen-bond donors (Lipinski definition) is 0. The van der Waals surface area contributed by atoms with E-state index < -0.39 is 5.24 Å². The highest BCUT2D eigenvalue weighted by Crippen LogP contribution is 2.18. The van der Waals surface area contributed by atoms with Crippen LogP contribution >= 0.6 is 35.3 Å². The van der Waals surface area contributed by atoms with Gasteiger partial charge in [-0.25, -0.2) is 4.98 Å². The van der Waals surface area contributed by atoms with Gasteiger partial charge in [-0.3, -0.25) is 4.79 Å². The Morgan fingerprint density at radius 1 is 1.55 bits per heavy atom. The van der Waals surface area contributed by atoms with Crippen molar-refractivity contribution in [3.63, 3.8) is 0 Å². The van der Waals surface area contributed by atoms with E-state index in [1.54, 1.807) is 6.92 Å². The van der Waals surface area contributed by atoms with Crippen molar-refractivity contribution in [3.05, 3.63) is 15.6 Å². The van der Waals surface area contributed by atoms with Crippen LogP contribution in [0.3, 0.4) is 0 Å². The van der Waals surface area contributed by atoms with Gasteiger partial charge in [-0.05, 0) is 25.4 Å². The molecule has 0 saturated carbocycles. The molecule has 0 radical (unpaired) electrons. The Morgan fingerprint density at radius 3 is 2.27 bits per heavy atom. The number of aryl methyl sites for hydroxylation is 2. The molecule has 0 aliphatic rings. The second-order valence-electron chi connectivity index (χ2n) is 1.92. The lowest BCUT2D eigenvalue weighted by Crippen LogP contribution is -1.85. The first-order valence-corrected chi connectivity index (χ1v) is 3.94. The molecule has 0 atom stereocenters. The lowest BCUT2D eigenvalue weighted by Gasteiger charge is -1.83. The Hall–Kier alpha value is -0.120. The number of rotatable bonds is 1. The summed E-state index contributed by atoms with van der Waals surface area (Å²) in [5.74, 6) is 0. The Kier molecular flexibility index (Phi) is 4.00. The topological polar surface area (TPSA) is 30.0 Å². The van der Waals surface area contributed by atoms with Gasteiger partial charge < -0.3 is 0 Å². The normalized spacial score (nSPS) is 9.00. The van der Waals surface area contributed by atoms with Crippen LogP contribution in [-0.4, -0.2) is 10.2 Å². The van der Waals surface area contributed by atoms with Crippen LogP contribution in [-0.2, 0) is 0 Å². The molecule has 0 spiro atoms. The van der Waals surface area contributed by atoms with Gasteiger partial charge in [-0.1, -0.05) is 0 Å². The molecule has 5 heteroatoms. The van der Waals surface area contributed by atoms with Gasteiger partial charge in [0.1, 0.15) is 4.88 Å². The minimum Gasteiger partial charge on any atom is -0.275 e. The van der Waals surface area contributed by atoms with E-state index in [4.69, 9.17) is 11.6 Å². The van der Waals surface area contributed by atoms with Crippen molar-refractivity contribution in [2.75, 3.05) is 0 Å². The molecule has 0 N–H and O–H groups in total. The average molecular weight is 212 g/mol. The van der Waals surface area contributed by atoms with Gasteiger partial charge in [0.05, 0.1) is 10.7 Å². The van der Waals surface area contributed by atoms with Crippen LogP contribution < -0.4 is 0 Å². The second kappa shape index (κ2) is 4.04. The summed E-state index contributed by atoms with van der Waals surface area (Å²) in [4.78, 5) is 15.2. The zero-order chi connectivity index (χ0) is 7.72. The van der Waals surface area contributed by atoms with Crippen molar-refractivity contribution in [1.82, 2.24) is 4.98 Å². The standard InChI is InChI=1S/C6H6ClNOS.ClH/c1-3-5(6(7)9)10-4(2)8-3;/h1-2H3;1H. The first kappa shape index (κ1) is 10.9. The monoisotopic (exact) mass is 211 g/mol. The fraction of sp³-hybridized carbons (Fsp3) is 0.333.